The summed E-state index contributed by atoms with van der Waals surface area (Å²) >= 11 is 0. The van der Waals surface area contributed by atoms with Crippen molar-refractivity contribution in [2.45, 2.75) is 19.4 Å². The number of methoxy groups -OCH3 is 2. The molecule has 8 nitrogen and oxygen atoms in total. The number of ketones is 1. The Morgan fingerprint density at radius 1 is 1.03 bits per heavy atom. The predicted octanol–water partition coefficient (Wildman–Crippen LogP) is 3.16. The minimum absolute atomic E-state index is 0.0526. The molecular weight excluding hydrogens is 448 g/mol. The number of hydrogen-bond acceptors (Lipinski definition) is 7. The normalized spacial score (nSPS) is 20.3. The van der Waals surface area contributed by atoms with Gasteiger partial charge in [-0.2, -0.15) is 0 Å². The molecule has 2 aromatic rings. The molecule has 8 heteroatoms. The van der Waals surface area contributed by atoms with Crippen LogP contribution in [0.2, 0.25) is 0 Å². The van der Waals surface area contributed by atoms with E-state index in [4.69, 9.17) is 14.2 Å². The van der Waals surface area contributed by atoms with Gasteiger partial charge in [0.2, 0.25) is 0 Å². The molecule has 0 saturated carbocycles. The van der Waals surface area contributed by atoms with Crippen LogP contribution in [-0.2, 0) is 14.3 Å². The van der Waals surface area contributed by atoms with Gasteiger partial charge in [-0.1, -0.05) is 42.0 Å². The summed E-state index contributed by atoms with van der Waals surface area (Å²) in [5.41, 5.74) is 2.15. The third-order valence-electron chi connectivity index (χ3n) is 6.57. The number of morpholine rings is 1. The molecule has 0 radical (unpaired) electrons. The van der Waals surface area contributed by atoms with Gasteiger partial charge in [0.1, 0.15) is 5.76 Å². The number of hydrogen-bond donors (Lipinski definition) is 1. The summed E-state index contributed by atoms with van der Waals surface area (Å²) in [7, 11) is 3.05. The number of nitrogens with zero attached hydrogens (tertiary/aromatic N) is 2. The van der Waals surface area contributed by atoms with Crippen LogP contribution in [0, 0.1) is 6.92 Å². The van der Waals surface area contributed by atoms with Crippen LogP contribution in [0.4, 0.5) is 0 Å². The van der Waals surface area contributed by atoms with Gasteiger partial charge in [-0.05, 0) is 19.4 Å². The fourth-order valence-corrected chi connectivity index (χ4v) is 4.72. The minimum atomic E-state index is -0.800. The van der Waals surface area contributed by atoms with E-state index in [1.807, 2.05) is 19.1 Å². The van der Waals surface area contributed by atoms with Crippen molar-refractivity contribution < 1.29 is 28.9 Å². The van der Waals surface area contributed by atoms with Crippen LogP contribution in [0.1, 0.15) is 29.2 Å². The zero-order chi connectivity index (χ0) is 24.9. The maximum Gasteiger partial charge on any atom is 0.295 e. The molecule has 0 bridgehead atoms. The van der Waals surface area contributed by atoms with E-state index in [0.717, 1.165) is 25.2 Å². The summed E-state index contributed by atoms with van der Waals surface area (Å²) in [6, 6.07) is 11.8. The zero-order valence-corrected chi connectivity index (χ0v) is 20.5. The molecule has 2 heterocycles. The third kappa shape index (κ3) is 5.04. The van der Waals surface area contributed by atoms with Crippen molar-refractivity contribution in [2.24, 2.45) is 0 Å². The SMILES string of the molecule is COc1cccc([C@@H]2/C(=C(\O)c3ccc(C)cc3)C(=O)C(=O)N2CCCN2CCOCC2)c1OC. The second-order valence-corrected chi connectivity index (χ2v) is 8.75. The molecular formula is C27H32N2O6. The van der Waals surface area contributed by atoms with Gasteiger partial charge in [0, 0.05) is 37.3 Å². The highest BCUT2D eigenvalue weighted by atomic mass is 16.5. The number of benzene rings is 2. The second-order valence-electron chi connectivity index (χ2n) is 8.75. The molecule has 2 aliphatic heterocycles. The van der Waals surface area contributed by atoms with Crippen LogP contribution in [0.15, 0.2) is 48.0 Å². The van der Waals surface area contributed by atoms with E-state index in [1.165, 1.54) is 14.2 Å². The Labute approximate surface area is 205 Å². The lowest BCUT2D eigenvalue weighted by molar-refractivity contribution is -0.140. The van der Waals surface area contributed by atoms with E-state index in [-0.39, 0.29) is 11.3 Å². The van der Waals surface area contributed by atoms with Gasteiger partial charge in [0.25, 0.3) is 11.7 Å². The summed E-state index contributed by atoms with van der Waals surface area (Å²) in [6.45, 7) is 6.17. The van der Waals surface area contributed by atoms with Gasteiger partial charge in [-0.3, -0.25) is 14.5 Å². The minimum Gasteiger partial charge on any atom is -0.507 e. The number of aliphatic hydroxyl groups excluding tert-OH is 1. The Kier molecular flexibility index (Phi) is 7.73. The Balaban J connectivity index is 1.75. The number of para-hydroxylation sites is 1. The van der Waals surface area contributed by atoms with Crippen LogP contribution in [0.3, 0.4) is 0 Å². The number of carbonyl (C=O) groups excluding carboxylic acids is 2. The van der Waals surface area contributed by atoms with Crippen molar-refractivity contribution in [3.63, 3.8) is 0 Å². The van der Waals surface area contributed by atoms with E-state index < -0.39 is 17.7 Å². The van der Waals surface area contributed by atoms with E-state index in [1.54, 1.807) is 35.2 Å². The Hall–Kier alpha value is -3.36. The van der Waals surface area contributed by atoms with Crippen molar-refractivity contribution in [1.29, 1.82) is 0 Å². The number of rotatable bonds is 8. The molecule has 186 valence electrons. The highest BCUT2D eigenvalue weighted by molar-refractivity contribution is 6.46. The summed E-state index contributed by atoms with van der Waals surface area (Å²) in [5.74, 6) is -0.622. The largest absolute Gasteiger partial charge is 0.507 e. The first kappa shape index (κ1) is 24.8. The lowest BCUT2D eigenvalue weighted by Crippen LogP contribution is -2.39. The van der Waals surface area contributed by atoms with Crippen molar-refractivity contribution in [1.82, 2.24) is 9.80 Å². The van der Waals surface area contributed by atoms with Gasteiger partial charge in [-0.25, -0.2) is 0 Å². The lowest BCUT2D eigenvalue weighted by Gasteiger charge is -2.30. The van der Waals surface area contributed by atoms with E-state index >= 15 is 0 Å². The van der Waals surface area contributed by atoms with E-state index in [9.17, 15) is 14.7 Å². The Bertz CT molecular complexity index is 1110. The fourth-order valence-electron chi connectivity index (χ4n) is 4.72. The van der Waals surface area contributed by atoms with Gasteiger partial charge < -0.3 is 24.2 Å². The highest BCUT2D eigenvalue weighted by Gasteiger charge is 2.47. The van der Waals surface area contributed by atoms with E-state index in [2.05, 4.69) is 4.90 Å². The Morgan fingerprint density at radius 2 is 1.74 bits per heavy atom. The molecule has 1 atom stereocenters. The number of likely N-dealkylation sites (tertiary alicyclic amines) is 1. The second kappa shape index (κ2) is 10.9. The summed E-state index contributed by atoms with van der Waals surface area (Å²) < 4.78 is 16.5. The van der Waals surface area contributed by atoms with Crippen LogP contribution in [0.5, 0.6) is 11.5 Å². The van der Waals surface area contributed by atoms with Gasteiger partial charge in [0.05, 0.1) is 39.0 Å². The maximum atomic E-state index is 13.3. The molecule has 35 heavy (non-hydrogen) atoms. The third-order valence-corrected chi connectivity index (χ3v) is 6.57. The number of carbonyl (C=O) groups is 2. The van der Waals surface area contributed by atoms with E-state index in [0.29, 0.717) is 48.8 Å². The molecule has 0 aromatic heterocycles. The van der Waals surface area contributed by atoms with Gasteiger partial charge >= 0.3 is 0 Å². The molecule has 2 aromatic carbocycles. The highest BCUT2D eigenvalue weighted by Crippen LogP contribution is 2.45. The first-order valence-electron chi connectivity index (χ1n) is 11.8. The molecule has 0 unspecified atom stereocenters. The first-order valence-corrected chi connectivity index (χ1v) is 11.8. The zero-order valence-electron chi connectivity index (χ0n) is 20.5. The number of Topliss-reactive ketones (excluding diaryl/α,β-unsaturated/α-hetero) is 1. The van der Waals surface area contributed by atoms with Crippen LogP contribution in [-0.4, -0.2) is 80.2 Å². The lowest BCUT2D eigenvalue weighted by atomic mass is 9.94. The average Bonchev–Trinajstić information content (AvgIpc) is 3.13. The van der Waals surface area contributed by atoms with Crippen LogP contribution >= 0.6 is 0 Å². The molecule has 2 fully saturated rings. The van der Waals surface area contributed by atoms with Crippen LogP contribution < -0.4 is 9.47 Å². The molecule has 4 rings (SSSR count). The fraction of sp³-hybridized carbons (Fsp3) is 0.407. The maximum absolute atomic E-state index is 13.3. The van der Waals surface area contributed by atoms with Crippen molar-refractivity contribution in [3.8, 4) is 11.5 Å². The summed E-state index contributed by atoms with van der Waals surface area (Å²) in [4.78, 5) is 30.4. The van der Waals surface area contributed by atoms with Crippen molar-refractivity contribution in [2.75, 3.05) is 53.6 Å². The molecule has 2 aliphatic rings. The first-order chi connectivity index (χ1) is 17.0. The monoisotopic (exact) mass is 480 g/mol. The topological polar surface area (TPSA) is 88.5 Å². The number of aliphatic hydroxyl groups is 1. The summed E-state index contributed by atoms with van der Waals surface area (Å²) in [6.07, 6.45) is 0.681. The number of amides is 1. The number of ether oxygens (including phenoxy) is 3. The Morgan fingerprint density at radius 3 is 2.40 bits per heavy atom. The molecule has 1 amide bonds. The van der Waals surface area contributed by atoms with Crippen LogP contribution in [0.25, 0.3) is 5.76 Å². The molecule has 0 spiro atoms. The quantitative estimate of drug-likeness (QED) is 0.353. The predicted molar refractivity (Wildman–Crippen MR) is 132 cm³/mol. The average molecular weight is 481 g/mol. The van der Waals surface area contributed by atoms with Crippen molar-refractivity contribution >= 4 is 17.4 Å². The number of aryl methyl sites for hydroxylation is 1. The van der Waals surface area contributed by atoms with Gasteiger partial charge in [-0.15, -0.1) is 0 Å². The molecule has 1 N–H and O–H groups in total. The van der Waals surface area contributed by atoms with Crippen molar-refractivity contribution in [3.05, 3.63) is 64.7 Å². The molecule has 0 aliphatic carbocycles. The standard InChI is InChI=1S/C27H32N2O6/c1-18-8-10-19(11-9-18)24(30)22-23(20-6-4-7-21(33-2)26(20)34-3)29(27(32)25(22)31)13-5-12-28-14-16-35-17-15-28/h4,6-11,23,30H,5,12-17H2,1-3H3/b24-22+/t23-/m1/s1. The smallest absolute Gasteiger partial charge is 0.295 e. The molecule has 2 saturated heterocycles. The summed E-state index contributed by atoms with van der Waals surface area (Å²) in [5, 5.41) is 11.3. The van der Waals surface area contributed by atoms with Gasteiger partial charge in [0.15, 0.2) is 11.5 Å².